The first-order chi connectivity index (χ1) is 8.79. The summed E-state index contributed by atoms with van der Waals surface area (Å²) in [5.74, 6) is 0.827. The molecule has 18 heavy (non-hydrogen) atoms. The van der Waals surface area contributed by atoms with Crippen molar-refractivity contribution in [2.75, 3.05) is 20.7 Å². The molecule has 1 unspecified atom stereocenters. The van der Waals surface area contributed by atoms with Crippen molar-refractivity contribution in [2.45, 2.75) is 25.3 Å². The van der Waals surface area contributed by atoms with Gasteiger partial charge in [-0.25, -0.2) is 0 Å². The summed E-state index contributed by atoms with van der Waals surface area (Å²) in [6.07, 6.45) is 3.23. The van der Waals surface area contributed by atoms with Crippen LogP contribution in [0.25, 0.3) is 11.0 Å². The number of likely N-dealkylation sites (N-methyl/N-ethyl adjacent to an activating group) is 1. The van der Waals surface area contributed by atoms with Gasteiger partial charge in [0.1, 0.15) is 0 Å². The topological polar surface area (TPSA) is 38.5 Å². The van der Waals surface area contributed by atoms with Crippen molar-refractivity contribution in [1.29, 1.82) is 0 Å². The number of rotatable bonds is 1. The fourth-order valence-corrected chi connectivity index (χ4v) is 3.45. The number of ether oxygens (including phenoxy) is 1. The normalized spacial score (nSPS) is 22.4. The van der Waals surface area contributed by atoms with Gasteiger partial charge < -0.3 is 9.26 Å². The highest BCUT2D eigenvalue weighted by Gasteiger charge is 2.34. The summed E-state index contributed by atoms with van der Waals surface area (Å²) in [7, 11) is 3.91. The Labute approximate surface area is 105 Å². The third-order valence-corrected chi connectivity index (χ3v) is 4.38. The minimum atomic E-state index is 0.522. The van der Waals surface area contributed by atoms with E-state index in [0.717, 1.165) is 42.8 Å². The molecule has 0 radical (unpaired) electrons. The van der Waals surface area contributed by atoms with E-state index in [2.05, 4.69) is 23.2 Å². The molecule has 0 bridgehead atoms. The molecule has 1 aromatic carbocycles. The van der Waals surface area contributed by atoms with Crippen molar-refractivity contribution in [3.63, 3.8) is 0 Å². The van der Waals surface area contributed by atoms with Crippen LogP contribution in [-0.4, -0.2) is 30.8 Å². The molecule has 1 atom stereocenters. The van der Waals surface area contributed by atoms with Crippen LogP contribution in [0.2, 0.25) is 0 Å². The van der Waals surface area contributed by atoms with Crippen LogP contribution >= 0.6 is 0 Å². The molecular formula is C14H16N2O2. The van der Waals surface area contributed by atoms with Crippen LogP contribution in [0, 0.1) is 0 Å². The van der Waals surface area contributed by atoms with E-state index in [1.54, 1.807) is 7.11 Å². The molecule has 1 aromatic heterocycles. The summed E-state index contributed by atoms with van der Waals surface area (Å²) in [5.41, 5.74) is 4.77. The molecule has 2 aliphatic rings. The molecule has 0 N–H and O–H groups in total. The Morgan fingerprint density at radius 2 is 2.33 bits per heavy atom. The van der Waals surface area contributed by atoms with Gasteiger partial charge in [-0.2, -0.15) is 0 Å². The number of aromatic nitrogens is 1. The predicted molar refractivity (Wildman–Crippen MR) is 68.0 cm³/mol. The summed E-state index contributed by atoms with van der Waals surface area (Å²) in [4.78, 5) is 2.45. The maximum atomic E-state index is 5.50. The summed E-state index contributed by atoms with van der Waals surface area (Å²) in [6, 6.07) is 2.66. The molecule has 4 nitrogen and oxygen atoms in total. The van der Waals surface area contributed by atoms with Crippen LogP contribution in [0.1, 0.15) is 29.3 Å². The zero-order valence-corrected chi connectivity index (χ0v) is 10.7. The number of methoxy groups -OCH3 is 1. The van der Waals surface area contributed by atoms with Gasteiger partial charge >= 0.3 is 0 Å². The van der Waals surface area contributed by atoms with E-state index in [1.165, 1.54) is 16.5 Å². The number of aryl methyl sites for hydroxylation is 1. The molecule has 4 heteroatoms. The van der Waals surface area contributed by atoms with Crippen LogP contribution < -0.4 is 4.74 Å². The molecule has 0 saturated carbocycles. The SMILES string of the molecule is COc1cc2c3c4c(noc14)CCC3N(C)CC2. The van der Waals surface area contributed by atoms with E-state index >= 15 is 0 Å². The van der Waals surface area contributed by atoms with Crippen molar-refractivity contribution in [1.82, 2.24) is 10.1 Å². The van der Waals surface area contributed by atoms with E-state index in [4.69, 9.17) is 9.26 Å². The Morgan fingerprint density at radius 1 is 1.44 bits per heavy atom. The Kier molecular flexibility index (Phi) is 2.01. The third kappa shape index (κ3) is 1.16. The molecule has 1 aliphatic heterocycles. The van der Waals surface area contributed by atoms with Gasteiger partial charge in [0.2, 0.25) is 5.58 Å². The molecular weight excluding hydrogens is 228 g/mol. The number of hydrogen-bond donors (Lipinski definition) is 0. The zero-order valence-electron chi connectivity index (χ0n) is 10.7. The summed E-state index contributed by atoms with van der Waals surface area (Å²) >= 11 is 0. The van der Waals surface area contributed by atoms with Crippen molar-refractivity contribution in [3.05, 3.63) is 22.9 Å². The summed E-state index contributed by atoms with van der Waals surface area (Å²) in [5, 5.41) is 5.43. The highest BCUT2D eigenvalue weighted by molar-refractivity contribution is 5.90. The first-order valence-electron chi connectivity index (χ1n) is 6.48. The van der Waals surface area contributed by atoms with Gasteiger partial charge in [0.05, 0.1) is 18.2 Å². The number of nitrogens with zero attached hydrogens (tertiary/aromatic N) is 2. The average Bonchev–Trinajstić information content (AvgIpc) is 2.83. The fourth-order valence-electron chi connectivity index (χ4n) is 3.45. The second-order valence-electron chi connectivity index (χ2n) is 5.27. The standard InChI is InChI=1S/C14H16N2O2/c1-16-6-5-8-7-11(17-2)14-13-9(15-18-14)3-4-10(16)12(8)13/h7,10H,3-6H2,1-2H3. The monoisotopic (exact) mass is 244 g/mol. The van der Waals surface area contributed by atoms with E-state index in [-0.39, 0.29) is 0 Å². The second kappa shape index (κ2) is 3.48. The van der Waals surface area contributed by atoms with Crippen molar-refractivity contribution in [2.24, 2.45) is 0 Å². The van der Waals surface area contributed by atoms with Crippen molar-refractivity contribution >= 4 is 11.0 Å². The predicted octanol–water partition coefficient (Wildman–Crippen LogP) is 2.31. The fraction of sp³-hybridized carbons (Fsp3) is 0.500. The van der Waals surface area contributed by atoms with Crippen LogP contribution in [0.15, 0.2) is 10.6 Å². The van der Waals surface area contributed by atoms with Crippen LogP contribution in [0.3, 0.4) is 0 Å². The largest absolute Gasteiger partial charge is 0.493 e. The maximum Gasteiger partial charge on any atom is 0.209 e. The quantitative estimate of drug-likeness (QED) is 0.771. The maximum absolute atomic E-state index is 5.50. The summed E-state index contributed by atoms with van der Waals surface area (Å²) < 4.78 is 10.9. The van der Waals surface area contributed by atoms with E-state index in [0.29, 0.717) is 6.04 Å². The zero-order chi connectivity index (χ0) is 12.3. The Hall–Kier alpha value is -1.55. The van der Waals surface area contributed by atoms with E-state index in [1.807, 2.05) is 0 Å². The van der Waals surface area contributed by atoms with Crippen molar-refractivity contribution in [3.8, 4) is 5.75 Å². The lowest BCUT2D eigenvalue weighted by molar-refractivity contribution is 0.217. The third-order valence-electron chi connectivity index (χ3n) is 4.38. The lowest BCUT2D eigenvalue weighted by Gasteiger charge is -2.37. The molecule has 94 valence electrons. The average molecular weight is 244 g/mol. The number of benzene rings is 1. The van der Waals surface area contributed by atoms with Crippen LogP contribution in [0.4, 0.5) is 0 Å². The smallest absolute Gasteiger partial charge is 0.209 e. The van der Waals surface area contributed by atoms with E-state index < -0.39 is 0 Å². The Bertz CT molecular complexity index is 632. The molecule has 1 aliphatic carbocycles. The van der Waals surface area contributed by atoms with Gasteiger partial charge in [0.15, 0.2) is 5.75 Å². The molecule has 2 aromatic rings. The minimum absolute atomic E-state index is 0.522. The molecule has 4 rings (SSSR count). The van der Waals surface area contributed by atoms with Gasteiger partial charge in [-0.05, 0) is 43.5 Å². The molecule has 0 saturated heterocycles. The van der Waals surface area contributed by atoms with Gasteiger partial charge in [-0.3, -0.25) is 4.90 Å². The van der Waals surface area contributed by atoms with Gasteiger partial charge in [0.25, 0.3) is 0 Å². The lowest BCUT2D eigenvalue weighted by atomic mass is 9.82. The van der Waals surface area contributed by atoms with E-state index in [9.17, 15) is 0 Å². The summed E-state index contributed by atoms with van der Waals surface area (Å²) in [6.45, 7) is 1.12. The lowest BCUT2D eigenvalue weighted by Crippen LogP contribution is -2.34. The molecule has 0 spiro atoms. The highest BCUT2D eigenvalue weighted by atomic mass is 16.5. The first kappa shape index (κ1) is 10.4. The van der Waals surface area contributed by atoms with Gasteiger partial charge in [-0.15, -0.1) is 0 Å². The van der Waals surface area contributed by atoms with Crippen molar-refractivity contribution < 1.29 is 9.26 Å². The highest BCUT2D eigenvalue weighted by Crippen LogP contribution is 2.45. The minimum Gasteiger partial charge on any atom is -0.493 e. The Balaban J connectivity index is 2.11. The van der Waals surface area contributed by atoms with Crippen LogP contribution in [-0.2, 0) is 12.8 Å². The molecule has 0 fully saturated rings. The number of hydrogen-bond acceptors (Lipinski definition) is 4. The van der Waals surface area contributed by atoms with Crippen LogP contribution in [0.5, 0.6) is 5.75 Å². The Morgan fingerprint density at radius 3 is 3.17 bits per heavy atom. The van der Waals surface area contributed by atoms with Gasteiger partial charge in [0, 0.05) is 12.6 Å². The molecule has 0 amide bonds. The molecule has 2 heterocycles. The van der Waals surface area contributed by atoms with Gasteiger partial charge in [-0.1, -0.05) is 5.16 Å². The second-order valence-corrected chi connectivity index (χ2v) is 5.27. The first-order valence-corrected chi connectivity index (χ1v) is 6.48.